The van der Waals surface area contributed by atoms with E-state index in [9.17, 15) is 14.4 Å². The summed E-state index contributed by atoms with van der Waals surface area (Å²) in [6.07, 6.45) is 5.30. The minimum atomic E-state index is -1.09. The fourth-order valence-corrected chi connectivity index (χ4v) is 3.74. The number of aromatic carboxylic acids is 1. The van der Waals surface area contributed by atoms with E-state index in [1.807, 2.05) is 36.4 Å². The van der Waals surface area contributed by atoms with Crippen molar-refractivity contribution in [2.75, 3.05) is 11.9 Å². The van der Waals surface area contributed by atoms with Gasteiger partial charge in [0.15, 0.2) is 0 Å². The van der Waals surface area contributed by atoms with E-state index >= 15 is 0 Å². The van der Waals surface area contributed by atoms with Crippen LogP contribution in [0, 0.1) is 0 Å². The van der Waals surface area contributed by atoms with E-state index < -0.39 is 11.9 Å². The molecule has 2 aromatic rings. The number of rotatable bonds is 6. The van der Waals surface area contributed by atoms with Crippen molar-refractivity contribution < 1.29 is 19.5 Å². The van der Waals surface area contributed by atoms with Crippen LogP contribution in [0.4, 0.5) is 5.69 Å². The molecule has 8 heteroatoms. The third kappa shape index (κ3) is 5.40. The predicted molar refractivity (Wildman–Crippen MR) is 117 cm³/mol. The summed E-state index contributed by atoms with van der Waals surface area (Å²) < 4.78 is 0.295. The van der Waals surface area contributed by atoms with Gasteiger partial charge in [0, 0.05) is 5.69 Å². The fraction of sp³-hybridized carbons (Fsp3) is 0.0476. The number of allylic oxidation sites excluding steroid dienone is 2. The van der Waals surface area contributed by atoms with Gasteiger partial charge in [-0.2, -0.15) is 0 Å². The molecule has 146 valence electrons. The first-order valence-corrected chi connectivity index (χ1v) is 9.77. The average molecular weight is 425 g/mol. The lowest BCUT2D eigenvalue weighted by Gasteiger charge is -2.14. The van der Waals surface area contributed by atoms with Crippen LogP contribution in [0.5, 0.6) is 0 Å². The maximum Gasteiger partial charge on any atom is 0.335 e. The van der Waals surface area contributed by atoms with Crippen LogP contribution in [0.3, 0.4) is 0 Å². The summed E-state index contributed by atoms with van der Waals surface area (Å²) in [4.78, 5) is 37.5. The number of nitrogens with zero attached hydrogens (tertiary/aromatic N) is 1. The van der Waals surface area contributed by atoms with E-state index in [0.29, 0.717) is 14.9 Å². The molecule has 0 aliphatic carbocycles. The van der Waals surface area contributed by atoms with Crippen molar-refractivity contribution in [1.29, 1.82) is 0 Å². The summed E-state index contributed by atoms with van der Waals surface area (Å²) in [7, 11) is 0. The lowest BCUT2D eigenvalue weighted by atomic mass is 10.2. The molecule has 1 fully saturated rings. The molecular formula is C21H16N2O4S2. The molecule has 2 N–H and O–H groups in total. The van der Waals surface area contributed by atoms with Crippen molar-refractivity contribution in [1.82, 2.24) is 4.90 Å². The van der Waals surface area contributed by atoms with Gasteiger partial charge in [0.2, 0.25) is 5.91 Å². The fourth-order valence-electron chi connectivity index (χ4n) is 2.54. The second-order valence-electron chi connectivity index (χ2n) is 5.99. The van der Waals surface area contributed by atoms with Crippen LogP contribution < -0.4 is 5.32 Å². The van der Waals surface area contributed by atoms with Crippen LogP contribution >= 0.6 is 24.0 Å². The summed E-state index contributed by atoms with van der Waals surface area (Å²) in [6.45, 7) is -0.248. The van der Waals surface area contributed by atoms with Gasteiger partial charge in [0.05, 0.1) is 10.5 Å². The Morgan fingerprint density at radius 2 is 1.90 bits per heavy atom. The molecule has 0 aromatic heterocycles. The van der Waals surface area contributed by atoms with E-state index in [0.717, 1.165) is 17.3 Å². The smallest absolute Gasteiger partial charge is 0.335 e. The van der Waals surface area contributed by atoms with Crippen LogP contribution in [0.2, 0.25) is 0 Å². The third-order valence-corrected chi connectivity index (χ3v) is 5.30. The summed E-state index contributed by atoms with van der Waals surface area (Å²) in [5.41, 5.74) is 1.39. The zero-order chi connectivity index (χ0) is 20.8. The first kappa shape index (κ1) is 20.5. The van der Waals surface area contributed by atoms with E-state index in [1.54, 1.807) is 18.2 Å². The number of amides is 2. The molecule has 2 aromatic carbocycles. The number of carbonyl (C=O) groups is 3. The summed E-state index contributed by atoms with van der Waals surface area (Å²) in [5, 5.41) is 11.6. The van der Waals surface area contributed by atoms with Crippen LogP contribution in [0.25, 0.3) is 6.08 Å². The quantitative estimate of drug-likeness (QED) is 0.542. The number of benzene rings is 2. The Bertz CT molecular complexity index is 1030. The molecule has 0 bridgehead atoms. The van der Waals surface area contributed by atoms with Crippen LogP contribution in [-0.4, -0.2) is 38.7 Å². The first-order valence-electron chi connectivity index (χ1n) is 8.54. The maximum absolute atomic E-state index is 12.5. The molecule has 0 radical (unpaired) electrons. The van der Waals surface area contributed by atoms with Gasteiger partial charge in [-0.05, 0) is 29.8 Å². The minimum Gasteiger partial charge on any atom is -0.478 e. The maximum atomic E-state index is 12.5. The highest BCUT2D eigenvalue weighted by Crippen LogP contribution is 2.30. The third-order valence-electron chi connectivity index (χ3n) is 3.90. The van der Waals surface area contributed by atoms with Gasteiger partial charge in [-0.1, -0.05) is 72.5 Å². The normalized spacial score (nSPS) is 15.3. The second kappa shape index (κ2) is 9.31. The van der Waals surface area contributed by atoms with Crippen LogP contribution in [-0.2, 0) is 9.59 Å². The molecule has 6 nitrogen and oxygen atoms in total. The van der Waals surface area contributed by atoms with Gasteiger partial charge < -0.3 is 10.4 Å². The van der Waals surface area contributed by atoms with Gasteiger partial charge in [-0.3, -0.25) is 14.5 Å². The molecule has 3 rings (SSSR count). The highest BCUT2D eigenvalue weighted by molar-refractivity contribution is 8.26. The standard InChI is InChI=1S/C21H16N2O4S2/c24-18(22-16-10-5-9-15(12-16)20(26)27)13-23-19(25)17(29-21(23)28)11-4-8-14-6-2-1-3-7-14/h1-12H,13H2,(H,22,24)(H,26,27). The van der Waals surface area contributed by atoms with Crippen molar-refractivity contribution in [3.05, 3.63) is 82.8 Å². The predicted octanol–water partition coefficient (Wildman–Crippen LogP) is 3.78. The van der Waals surface area contributed by atoms with Crippen LogP contribution in [0.1, 0.15) is 15.9 Å². The number of carbonyl (C=O) groups excluding carboxylic acids is 2. The summed E-state index contributed by atoms with van der Waals surface area (Å²) in [6, 6.07) is 15.5. The minimum absolute atomic E-state index is 0.0570. The van der Waals surface area contributed by atoms with E-state index in [-0.39, 0.29) is 18.0 Å². The van der Waals surface area contributed by atoms with E-state index in [1.165, 1.54) is 23.1 Å². The zero-order valence-electron chi connectivity index (χ0n) is 15.1. The molecule has 2 amide bonds. The van der Waals surface area contributed by atoms with Crippen molar-refractivity contribution >= 4 is 57.8 Å². The highest BCUT2D eigenvalue weighted by Gasteiger charge is 2.33. The number of carboxylic acids is 1. The number of thioether (sulfide) groups is 1. The monoisotopic (exact) mass is 424 g/mol. The number of thiocarbonyl (C=S) groups is 1. The number of anilines is 1. The van der Waals surface area contributed by atoms with Crippen molar-refractivity contribution in [2.45, 2.75) is 0 Å². The van der Waals surface area contributed by atoms with Crippen molar-refractivity contribution in [2.24, 2.45) is 0 Å². The summed E-state index contributed by atoms with van der Waals surface area (Å²) >= 11 is 6.35. The molecule has 0 spiro atoms. The number of hydrogen-bond acceptors (Lipinski definition) is 5. The molecule has 1 saturated heterocycles. The Morgan fingerprint density at radius 3 is 2.62 bits per heavy atom. The van der Waals surface area contributed by atoms with Crippen LogP contribution in [0.15, 0.2) is 71.7 Å². The average Bonchev–Trinajstić information content (AvgIpc) is 2.96. The van der Waals surface area contributed by atoms with Gasteiger partial charge in [-0.15, -0.1) is 0 Å². The highest BCUT2D eigenvalue weighted by atomic mass is 32.2. The Hall–Kier alpha value is -3.23. The van der Waals surface area contributed by atoms with Crippen molar-refractivity contribution in [3.63, 3.8) is 0 Å². The topological polar surface area (TPSA) is 86.7 Å². The van der Waals surface area contributed by atoms with Gasteiger partial charge in [0.1, 0.15) is 10.9 Å². The molecule has 0 unspecified atom stereocenters. The molecule has 1 aliphatic rings. The Kier molecular flexibility index (Phi) is 6.58. The van der Waals surface area contributed by atoms with Gasteiger partial charge >= 0.3 is 5.97 Å². The lowest BCUT2D eigenvalue weighted by molar-refractivity contribution is -0.126. The van der Waals surface area contributed by atoms with E-state index in [2.05, 4.69) is 5.32 Å². The molecule has 0 atom stereocenters. The molecular weight excluding hydrogens is 408 g/mol. The number of nitrogens with one attached hydrogen (secondary N) is 1. The Balaban J connectivity index is 1.63. The zero-order valence-corrected chi connectivity index (χ0v) is 16.7. The molecule has 0 saturated carbocycles. The number of hydrogen-bond donors (Lipinski definition) is 2. The Morgan fingerprint density at radius 1 is 1.14 bits per heavy atom. The van der Waals surface area contributed by atoms with Gasteiger partial charge in [-0.25, -0.2) is 4.79 Å². The first-order chi connectivity index (χ1) is 13.9. The van der Waals surface area contributed by atoms with Crippen molar-refractivity contribution in [3.8, 4) is 0 Å². The Labute approximate surface area is 176 Å². The van der Waals surface area contributed by atoms with Gasteiger partial charge in [0.25, 0.3) is 5.91 Å². The molecule has 1 aliphatic heterocycles. The number of carboxylic acid groups (broad SMARTS) is 1. The summed E-state index contributed by atoms with van der Waals surface area (Å²) in [5.74, 6) is -1.90. The SMILES string of the molecule is O=C(CN1C(=O)C(=CC=Cc2ccccc2)SC1=S)Nc1cccc(C(=O)O)c1. The molecule has 1 heterocycles. The molecule has 29 heavy (non-hydrogen) atoms. The van der Waals surface area contributed by atoms with E-state index in [4.69, 9.17) is 17.3 Å². The second-order valence-corrected chi connectivity index (χ2v) is 7.67. The largest absolute Gasteiger partial charge is 0.478 e. The lowest BCUT2D eigenvalue weighted by Crippen LogP contribution is -2.36.